The number of piperazine rings is 1. The fourth-order valence-electron chi connectivity index (χ4n) is 3.98. The van der Waals surface area contributed by atoms with Crippen LogP contribution in [0.1, 0.15) is 56.1 Å². The highest BCUT2D eigenvalue weighted by atomic mass is 16.5. The van der Waals surface area contributed by atoms with Crippen molar-refractivity contribution in [1.82, 2.24) is 25.1 Å². The summed E-state index contributed by atoms with van der Waals surface area (Å²) in [4.78, 5) is 20.9. The number of aryl methyl sites for hydroxylation is 1. The van der Waals surface area contributed by atoms with Gasteiger partial charge in [-0.1, -0.05) is 30.1 Å². The maximum Gasteiger partial charge on any atom is 0.323 e. The second-order valence-electron chi connectivity index (χ2n) is 7.90. The Kier molecular flexibility index (Phi) is 4.63. The molecule has 1 atom stereocenters. The summed E-state index contributed by atoms with van der Waals surface area (Å²) >= 11 is 0. The molecule has 2 aromatic heterocycles. The number of carbonyl (C=O) groups excluding carboxylic acids is 1. The van der Waals surface area contributed by atoms with E-state index >= 15 is 0 Å². The standard InChI is InChI=1S/C18H26N6O3/c1-12-19-16(27-21-12)13-11-24(9-8-23(13)3)17(25)20-15-10-14(26-22-15)18(2)6-4-5-7-18/h10,13H,4-9,11H2,1-3H3,(H,20,22,25). The number of urea groups is 1. The van der Waals surface area contributed by atoms with Crippen LogP contribution in [0.4, 0.5) is 10.6 Å². The average molecular weight is 374 g/mol. The lowest BCUT2D eigenvalue weighted by molar-refractivity contribution is 0.0959. The summed E-state index contributed by atoms with van der Waals surface area (Å²) in [7, 11) is 1.99. The van der Waals surface area contributed by atoms with E-state index in [1.54, 1.807) is 11.8 Å². The van der Waals surface area contributed by atoms with Crippen LogP contribution < -0.4 is 5.32 Å². The second-order valence-corrected chi connectivity index (χ2v) is 7.90. The maximum absolute atomic E-state index is 12.7. The fraction of sp³-hybridized carbons (Fsp3) is 0.667. The van der Waals surface area contributed by atoms with Crippen LogP contribution in [-0.4, -0.2) is 57.8 Å². The van der Waals surface area contributed by atoms with Gasteiger partial charge in [0.15, 0.2) is 11.6 Å². The first kappa shape index (κ1) is 18.0. The topological polar surface area (TPSA) is 101 Å². The molecule has 9 heteroatoms. The normalized spacial score (nSPS) is 22.9. The van der Waals surface area contributed by atoms with Crippen LogP contribution in [-0.2, 0) is 5.41 Å². The highest BCUT2D eigenvalue weighted by molar-refractivity contribution is 5.88. The van der Waals surface area contributed by atoms with E-state index in [9.17, 15) is 4.79 Å². The first-order valence-electron chi connectivity index (χ1n) is 9.48. The molecule has 3 heterocycles. The molecule has 0 radical (unpaired) electrons. The molecule has 2 fully saturated rings. The van der Waals surface area contributed by atoms with Gasteiger partial charge in [0.2, 0.25) is 5.89 Å². The highest BCUT2D eigenvalue weighted by Crippen LogP contribution is 2.41. The van der Waals surface area contributed by atoms with Gasteiger partial charge >= 0.3 is 6.03 Å². The molecule has 1 saturated carbocycles. The molecule has 4 rings (SSSR count). The molecule has 0 spiro atoms. The quantitative estimate of drug-likeness (QED) is 0.881. The van der Waals surface area contributed by atoms with Gasteiger partial charge in [-0.2, -0.15) is 4.98 Å². The molecule has 9 nitrogen and oxygen atoms in total. The van der Waals surface area contributed by atoms with Crippen molar-refractivity contribution >= 4 is 11.8 Å². The predicted molar refractivity (Wildman–Crippen MR) is 97.3 cm³/mol. The maximum atomic E-state index is 12.7. The first-order valence-corrected chi connectivity index (χ1v) is 9.48. The molecular weight excluding hydrogens is 348 g/mol. The Labute approximate surface area is 158 Å². The molecule has 146 valence electrons. The number of aromatic nitrogens is 3. The molecule has 27 heavy (non-hydrogen) atoms. The van der Waals surface area contributed by atoms with Crippen LogP contribution in [0.15, 0.2) is 15.1 Å². The third-order valence-electron chi connectivity index (χ3n) is 5.81. The number of hydrogen-bond donors (Lipinski definition) is 1. The summed E-state index contributed by atoms with van der Waals surface area (Å²) in [5.74, 6) is 2.45. The summed E-state index contributed by atoms with van der Waals surface area (Å²) in [6, 6.07) is 1.55. The molecule has 1 saturated heterocycles. The zero-order chi connectivity index (χ0) is 19.0. The SMILES string of the molecule is Cc1noc(C2CN(C(=O)Nc3cc(C4(C)CCCC4)on3)CCN2C)n1. The smallest absolute Gasteiger partial charge is 0.323 e. The zero-order valence-electron chi connectivity index (χ0n) is 16.1. The third kappa shape index (κ3) is 3.55. The number of rotatable bonds is 3. The van der Waals surface area contributed by atoms with Crippen LogP contribution in [0.25, 0.3) is 0 Å². The van der Waals surface area contributed by atoms with Gasteiger partial charge in [0.25, 0.3) is 0 Å². The fourth-order valence-corrected chi connectivity index (χ4v) is 3.98. The summed E-state index contributed by atoms with van der Waals surface area (Å²) in [5.41, 5.74) is 0.0325. The van der Waals surface area contributed by atoms with Gasteiger partial charge < -0.3 is 13.9 Å². The summed E-state index contributed by atoms with van der Waals surface area (Å²) < 4.78 is 10.8. The van der Waals surface area contributed by atoms with Crippen LogP contribution in [0.2, 0.25) is 0 Å². The van der Waals surface area contributed by atoms with Gasteiger partial charge in [-0.15, -0.1) is 0 Å². The minimum Gasteiger partial charge on any atom is -0.359 e. The van der Waals surface area contributed by atoms with Crippen molar-refractivity contribution in [2.45, 2.75) is 51.0 Å². The van der Waals surface area contributed by atoms with E-state index in [2.05, 4.69) is 32.4 Å². The Balaban J connectivity index is 1.41. The Morgan fingerprint density at radius 3 is 2.74 bits per heavy atom. The molecule has 2 aromatic rings. The van der Waals surface area contributed by atoms with Crippen molar-refractivity contribution in [2.75, 3.05) is 32.0 Å². The lowest BCUT2D eigenvalue weighted by atomic mass is 9.86. The summed E-state index contributed by atoms with van der Waals surface area (Å²) in [5, 5.41) is 10.8. The van der Waals surface area contributed by atoms with Gasteiger partial charge in [-0.05, 0) is 26.8 Å². The Bertz CT molecular complexity index is 810. The number of anilines is 1. The number of amides is 2. The lowest BCUT2D eigenvalue weighted by Crippen LogP contribution is -2.50. The molecule has 2 amide bonds. The van der Waals surface area contributed by atoms with E-state index in [1.165, 1.54) is 12.8 Å². The number of nitrogens with one attached hydrogen (secondary N) is 1. The Morgan fingerprint density at radius 1 is 1.26 bits per heavy atom. The lowest BCUT2D eigenvalue weighted by Gasteiger charge is -2.37. The Morgan fingerprint density at radius 2 is 2.04 bits per heavy atom. The van der Waals surface area contributed by atoms with Crippen molar-refractivity contribution in [2.24, 2.45) is 0 Å². The molecular formula is C18H26N6O3. The summed E-state index contributed by atoms with van der Waals surface area (Å²) in [6.45, 7) is 5.80. The van der Waals surface area contributed by atoms with Crippen molar-refractivity contribution in [3.05, 3.63) is 23.5 Å². The van der Waals surface area contributed by atoms with Crippen molar-refractivity contribution in [1.29, 1.82) is 0 Å². The van der Waals surface area contributed by atoms with Crippen molar-refractivity contribution in [3.63, 3.8) is 0 Å². The molecule has 0 bridgehead atoms. The van der Waals surface area contributed by atoms with Gasteiger partial charge in [-0.25, -0.2) is 4.79 Å². The molecule has 0 aromatic carbocycles. The second kappa shape index (κ2) is 6.95. The predicted octanol–water partition coefficient (Wildman–Crippen LogP) is 2.72. The molecule has 1 aliphatic heterocycles. The van der Waals surface area contributed by atoms with Crippen molar-refractivity contribution < 1.29 is 13.8 Å². The van der Waals surface area contributed by atoms with Crippen LogP contribution in [0.5, 0.6) is 0 Å². The molecule has 1 aliphatic carbocycles. The minimum absolute atomic E-state index is 0.0325. The van der Waals surface area contributed by atoms with Crippen LogP contribution >= 0.6 is 0 Å². The molecule has 1 unspecified atom stereocenters. The van der Waals surface area contributed by atoms with E-state index in [1.807, 2.05) is 13.1 Å². The van der Waals surface area contributed by atoms with Crippen LogP contribution in [0, 0.1) is 6.92 Å². The van der Waals surface area contributed by atoms with Crippen molar-refractivity contribution in [3.8, 4) is 0 Å². The van der Waals surface area contributed by atoms with Gasteiger partial charge in [0, 0.05) is 31.1 Å². The van der Waals surface area contributed by atoms with Gasteiger partial charge in [0.05, 0.1) is 0 Å². The Hall–Kier alpha value is -2.42. The van der Waals surface area contributed by atoms with E-state index in [0.29, 0.717) is 30.6 Å². The number of carbonyl (C=O) groups is 1. The van der Waals surface area contributed by atoms with E-state index in [-0.39, 0.29) is 17.5 Å². The number of nitrogens with zero attached hydrogens (tertiary/aromatic N) is 5. The third-order valence-corrected chi connectivity index (χ3v) is 5.81. The zero-order valence-corrected chi connectivity index (χ0v) is 16.1. The molecule has 2 aliphatic rings. The highest BCUT2D eigenvalue weighted by Gasteiger charge is 2.35. The number of hydrogen-bond acceptors (Lipinski definition) is 7. The van der Waals surface area contributed by atoms with Crippen LogP contribution in [0.3, 0.4) is 0 Å². The van der Waals surface area contributed by atoms with Gasteiger partial charge in [-0.3, -0.25) is 10.2 Å². The first-order chi connectivity index (χ1) is 12.9. The average Bonchev–Trinajstić information content (AvgIpc) is 3.37. The largest absolute Gasteiger partial charge is 0.359 e. The van der Waals surface area contributed by atoms with Gasteiger partial charge in [0.1, 0.15) is 11.8 Å². The number of likely N-dealkylation sites (N-methyl/N-ethyl adjacent to an activating group) is 1. The van der Waals surface area contributed by atoms with E-state index in [4.69, 9.17) is 9.05 Å². The molecule has 1 N–H and O–H groups in total. The monoisotopic (exact) mass is 374 g/mol. The summed E-state index contributed by atoms with van der Waals surface area (Å²) in [6.07, 6.45) is 4.60. The van der Waals surface area contributed by atoms with E-state index in [0.717, 1.165) is 25.1 Å². The minimum atomic E-state index is -0.194. The van der Waals surface area contributed by atoms with E-state index < -0.39 is 0 Å².